The number of nitrogens with zero attached hydrogens (tertiary/aromatic N) is 4. The molecular formula is C22H24N4O3. The van der Waals surface area contributed by atoms with Crippen molar-refractivity contribution in [2.45, 2.75) is 12.8 Å². The number of rotatable bonds is 6. The number of anilines is 1. The molecule has 1 aliphatic heterocycles. The third kappa shape index (κ3) is 4.39. The predicted octanol–water partition coefficient (Wildman–Crippen LogP) is 3.03. The van der Waals surface area contributed by atoms with Gasteiger partial charge in [-0.3, -0.25) is 4.79 Å². The molecule has 2 heterocycles. The molecule has 0 N–H and O–H groups in total. The van der Waals surface area contributed by atoms with Gasteiger partial charge >= 0.3 is 0 Å². The molecule has 29 heavy (non-hydrogen) atoms. The smallest absolute Gasteiger partial charge is 0.227 e. The molecule has 0 spiro atoms. The zero-order valence-electron chi connectivity index (χ0n) is 16.5. The third-order valence-electron chi connectivity index (χ3n) is 5.12. The van der Waals surface area contributed by atoms with Crippen molar-refractivity contribution in [3.8, 4) is 17.1 Å². The van der Waals surface area contributed by atoms with E-state index in [1.807, 2.05) is 47.4 Å². The SMILES string of the molecule is COc1ccccc1-c1noc(CCC(=O)N2CCN(c3ccccc3)CC2)n1. The molecule has 1 fully saturated rings. The Labute approximate surface area is 169 Å². The van der Waals surface area contributed by atoms with Gasteiger partial charge in [-0.25, -0.2) is 0 Å². The Balaban J connectivity index is 1.30. The van der Waals surface area contributed by atoms with Crippen molar-refractivity contribution in [1.82, 2.24) is 15.0 Å². The van der Waals surface area contributed by atoms with Crippen molar-refractivity contribution < 1.29 is 14.1 Å². The maximum atomic E-state index is 12.6. The van der Waals surface area contributed by atoms with Gasteiger partial charge in [-0.15, -0.1) is 0 Å². The second-order valence-electron chi connectivity index (χ2n) is 6.92. The van der Waals surface area contributed by atoms with Crippen molar-refractivity contribution in [2.24, 2.45) is 0 Å². The van der Waals surface area contributed by atoms with Crippen molar-refractivity contribution in [2.75, 3.05) is 38.2 Å². The number of aryl methyl sites for hydroxylation is 1. The van der Waals surface area contributed by atoms with Crippen molar-refractivity contribution in [1.29, 1.82) is 0 Å². The van der Waals surface area contributed by atoms with Gasteiger partial charge in [0.15, 0.2) is 0 Å². The number of carbonyl (C=O) groups is 1. The number of carbonyl (C=O) groups excluding carboxylic acids is 1. The van der Waals surface area contributed by atoms with E-state index in [2.05, 4.69) is 27.2 Å². The quantitative estimate of drug-likeness (QED) is 0.642. The van der Waals surface area contributed by atoms with Gasteiger partial charge in [0.2, 0.25) is 17.6 Å². The highest BCUT2D eigenvalue weighted by molar-refractivity contribution is 5.76. The molecule has 0 atom stereocenters. The fourth-order valence-corrected chi connectivity index (χ4v) is 3.52. The molecule has 0 bridgehead atoms. The van der Waals surface area contributed by atoms with Crippen LogP contribution in [-0.4, -0.2) is 54.2 Å². The van der Waals surface area contributed by atoms with E-state index in [9.17, 15) is 4.79 Å². The van der Waals surface area contributed by atoms with E-state index >= 15 is 0 Å². The van der Waals surface area contributed by atoms with Crippen LogP contribution in [0, 0.1) is 0 Å². The molecule has 1 saturated heterocycles. The Kier molecular flexibility index (Phi) is 5.74. The van der Waals surface area contributed by atoms with Crippen LogP contribution in [0.1, 0.15) is 12.3 Å². The highest BCUT2D eigenvalue weighted by Gasteiger charge is 2.22. The Bertz CT molecular complexity index is 949. The van der Waals surface area contributed by atoms with Gasteiger partial charge in [0, 0.05) is 44.7 Å². The summed E-state index contributed by atoms with van der Waals surface area (Å²) in [6, 6.07) is 17.8. The Morgan fingerprint density at radius 3 is 2.52 bits per heavy atom. The summed E-state index contributed by atoms with van der Waals surface area (Å²) in [5.41, 5.74) is 1.97. The molecule has 0 radical (unpaired) electrons. The number of amides is 1. The number of benzene rings is 2. The van der Waals surface area contributed by atoms with Gasteiger partial charge in [0.1, 0.15) is 5.75 Å². The molecule has 2 aromatic carbocycles. The number of piperazine rings is 1. The van der Waals surface area contributed by atoms with Crippen LogP contribution >= 0.6 is 0 Å². The summed E-state index contributed by atoms with van der Waals surface area (Å²) in [4.78, 5) is 21.2. The molecule has 1 aliphatic rings. The normalized spacial score (nSPS) is 14.1. The summed E-state index contributed by atoms with van der Waals surface area (Å²) in [6.45, 7) is 3.14. The van der Waals surface area contributed by atoms with Crippen LogP contribution in [-0.2, 0) is 11.2 Å². The highest BCUT2D eigenvalue weighted by atomic mass is 16.5. The number of aromatic nitrogens is 2. The molecule has 1 aromatic heterocycles. The van der Waals surface area contributed by atoms with E-state index in [1.54, 1.807) is 7.11 Å². The first kappa shape index (κ1) is 19.0. The fraction of sp³-hybridized carbons (Fsp3) is 0.318. The molecule has 1 amide bonds. The van der Waals surface area contributed by atoms with Crippen molar-refractivity contribution >= 4 is 11.6 Å². The maximum Gasteiger partial charge on any atom is 0.227 e. The minimum absolute atomic E-state index is 0.120. The van der Waals surface area contributed by atoms with Crippen LogP contribution in [0.2, 0.25) is 0 Å². The van der Waals surface area contributed by atoms with Gasteiger partial charge in [-0.2, -0.15) is 4.98 Å². The minimum Gasteiger partial charge on any atom is -0.496 e. The summed E-state index contributed by atoms with van der Waals surface area (Å²) in [5.74, 6) is 1.74. The first-order valence-electron chi connectivity index (χ1n) is 9.78. The summed E-state index contributed by atoms with van der Waals surface area (Å²) < 4.78 is 10.7. The largest absolute Gasteiger partial charge is 0.496 e. The maximum absolute atomic E-state index is 12.6. The van der Waals surface area contributed by atoms with Crippen LogP contribution in [0.4, 0.5) is 5.69 Å². The van der Waals surface area contributed by atoms with Crippen LogP contribution in [0.5, 0.6) is 5.75 Å². The number of para-hydroxylation sites is 2. The lowest BCUT2D eigenvalue weighted by molar-refractivity contribution is -0.131. The summed E-state index contributed by atoms with van der Waals surface area (Å²) in [6.07, 6.45) is 0.790. The first-order chi connectivity index (χ1) is 14.2. The standard InChI is InChI=1S/C22H24N4O3/c1-28-19-10-6-5-9-18(19)22-23-20(29-24-22)11-12-21(27)26-15-13-25(14-16-26)17-7-3-2-4-8-17/h2-10H,11-16H2,1H3. The molecule has 7 nitrogen and oxygen atoms in total. The van der Waals surface area contributed by atoms with Crippen LogP contribution < -0.4 is 9.64 Å². The zero-order valence-corrected chi connectivity index (χ0v) is 16.5. The predicted molar refractivity (Wildman–Crippen MR) is 110 cm³/mol. The van der Waals surface area contributed by atoms with Gasteiger partial charge in [0.05, 0.1) is 12.7 Å². The molecule has 0 saturated carbocycles. The molecular weight excluding hydrogens is 368 g/mol. The summed E-state index contributed by atoms with van der Waals surface area (Å²) in [5, 5.41) is 4.03. The average molecular weight is 392 g/mol. The Morgan fingerprint density at radius 2 is 1.76 bits per heavy atom. The van der Waals surface area contributed by atoms with Crippen LogP contribution in [0.15, 0.2) is 59.1 Å². The highest BCUT2D eigenvalue weighted by Crippen LogP contribution is 2.27. The number of hydrogen-bond donors (Lipinski definition) is 0. The second-order valence-corrected chi connectivity index (χ2v) is 6.92. The molecule has 4 rings (SSSR count). The lowest BCUT2D eigenvalue weighted by atomic mass is 10.2. The number of hydrogen-bond acceptors (Lipinski definition) is 6. The van der Waals surface area contributed by atoms with E-state index in [0.717, 1.165) is 31.7 Å². The van der Waals surface area contributed by atoms with Gasteiger partial charge < -0.3 is 19.1 Å². The Hall–Kier alpha value is -3.35. The second kappa shape index (κ2) is 8.77. The van der Waals surface area contributed by atoms with Gasteiger partial charge in [0.25, 0.3) is 0 Å². The van der Waals surface area contributed by atoms with Crippen molar-refractivity contribution in [3.05, 3.63) is 60.5 Å². The average Bonchev–Trinajstić information content (AvgIpc) is 3.27. The van der Waals surface area contributed by atoms with E-state index < -0.39 is 0 Å². The van der Waals surface area contributed by atoms with Gasteiger partial charge in [-0.1, -0.05) is 35.5 Å². The molecule has 0 unspecified atom stereocenters. The fourth-order valence-electron chi connectivity index (χ4n) is 3.52. The minimum atomic E-state index is 0.120. The number of methoxy groups -OCH3 is 1. The van der Waals surface area contributed by atoms with Crippen LogP contribution in [0.3, 0.4) is 0 Å². The van der Waals surface area contributed by atoms with E-state index in [-0.39, 0.29) is 5.91 Å². The number of ether oxygens (including phenoxy) is 1. The third-order valence-corrected chi connectivity index (χ3v) is 5.12. The molecule has 150 valence electrons. The van der Waals surface area contributed by atoms with E-state index in [4.69, 9.17) is 9.26 Å². The summed E-state index contributed by atoms with van der Waals surface area (Å²) >= 11 is 0. The molecule has 3 aromatic rings. The van der Waals surface area contributed by atoms with Crippen LogP contribution in [0.25, 0.3) is 11.4 Å². The van der Waals surface area contributed by atoms with Crippen molar-refractivity contribution in [3.63, 3.8) is 0 Å². The zero-order chi connectivity index (χ0) is 20.1. The molecule has 7 heteroatoms. The lowest BCUT2D eigenvalue weighted by Gasteiger charge is -2.36. The monoisotopic (exact) mass is 392 g/mol. The van der Waals surface area contributed by atoms with E-state index in [0.29, 0.717) is 30.3 Å². The first-order valence-corrected chi connectivity index (χ1v) is 9.78. The van der Waals surface area contributed by atoms with Gasteiger partial charge in [-0.05, 0) is 24.3 Å². The topological polar surface area (TPSA) is 71.7 Å². The Morgan fingerprint density at radius 1 is 1.03 bits per heavy atom. The molecule has 0 aliphatic carbocycles. The van der Waals surface area contributed by atoms with E-state index in [1.165, 1.54) is 5.69 Å². The summed E-state index contributed by atoms with van der Waals surface area (Å²) in [7, 11) is 1.61. The lowest BCUT2D eigenvalue weighted by Crippen LogP contribution is -2.48.